The molecule has 112 valence electrons. The Labute approximate surface area is 125 Å². The molecular weight excluding hydrogens is 272 g/mol. The van der Waals surface area contributed by atoms with E-state index in [0.717, 1.165) is 17.9 Å². The third-order valence-electron chi connectivity index (χ3n) is 2.81. The summed E-state index contributed by atoms with van der Waals surface area (Å²) in [6.07, 6.45) is 2.81. The van der Waals surface area contributed by atoms with E-state index in [0.29, 0.717) is 5.92 Å². The minimum absolute atomic E-state index is 0.0435. The predicted octanol–water partition coefficient (Wildman–Crippen LogP) is 3.08. The van der Waals surface area contributed by atoms with Crippen LogP contribution >= 0.6 is 11.8 Å². The average molecular weight is 296 g/mol. The molecule has 0 spiro atoms. The number of hydrogen-bond acceptors (Lipinski definition) is 3. The smallest absolute Gasteiger partial charge is 0.319 e. The number of hydrogen-bond donors (Lipinski definition) is 3. The zero-order valence-corrected chi connectivity index (χ0v) is 13.2. The van der Waals surface area contributed by atoms with Crippen LogP contribution in [0.2, 0.25) is 0 Å². The molecule has 0 saturated heterocycles. The number of rotatable bonds is 7. The quantitative estimate of drug-likeness (QED) is 0.724. The Hall–Kier alpha value is -1.20. The normalized spacial score (nSPS) is 12.2. The van der Waals surface area contributed by atoms with Gasteiger partial charge in [-0.15, -0.1) is 0 Å². The van der Waals surface area contributed by atoms with Gasteiger partial charge in [0.15, 0.2) is 0 Å². The first kappa shape index (κ1) is 16.9. The number of amides is 2. The highest BCUT2D eigenvalue weighted by Gasteiger charge is 2.13. The largest absolute Gasteiger partial charge is 0.394 e. The molecule has 2 amide bonds. The SMILES string of the molecule is CSCc1cccc(NC(=O)N[C@H](CO)CC(C)C)c1. The fourth-order valence-electron chi connectivity index (χ4n) is 2.01. The summed E-state index contributed by atoms with van der Waals surface area (Å²) in [4.78, 5) is 11.9. The summed E-state index contributed by atoms with van der Waals surface area (Å²) in [5.41, 5.74) is 1.95. The maximum atomic E-state index is 11.9. The first-order valence-electron chi connectivity index (χ1n) is 6.81. The van der Waals surface area contributed by atoms with Gasteiger partial charge in [-0.2, -0.15) is 11.8 Å². The molecular formula is C15H24N2O2S. The van der Waals surface area contributed by atoms with Gasteiger partial charge >= 0.3 is 6.03 Å². The van der Waals surface area contributed by atoms with Gasteiger partial charge in [0, 0.05) is 11.4 Å². The van der Waals surface area contributed by atoms with Crippen molar-refractivity contribution in [3.63, 3.8) is 0 Å². The number of carbonyl (C=O) groups excluding carboxylic acids is 1. The molecule has 0 fully saturated rings. The highest BCUT2D eigenvalue weighted by Crippen LogP contribution is 2.15. The molecule has 0 aliphatic heterocycles. The lowest BCUT2D eigenvalue weighted by Gasteiger charge is -2.18. The van der Waals surface area contributed by atoms with E-state index in [-0.39, 0.29) is 18.7 Å². The highest BCUT2D eigenvalue weighted by atomic mass is 32.2. The molecule has 0 aromatic heterocycles. The Morgan fingerprint density at radius 2 is 2.15 bits per heavy atom. The van der Waals surface area contributed by atoms with Crippen LogP contribution in [0.5, 0.6) is 0 Å². The van der Waals surface area contributed by atoms with Crippen molar-refractivity contribution in [3.05, 3.63) is 29.8 Å². The first-order valence-corrected chi connectivity index (χ1v) is 8.20. The number of carbonyl (C=O) groups is 1. The Bertz CT molecular complexity index is 424. The summed E-state index contributed by atoms with van der Waals surface area (Å²) in [6.45, 7) is 4.08. The van der Waals surface area contributed by atoms with Gasteiger partial charge in [0.05, 0.1) is 12.6 Å². The van der Waals surface area contributed by atoms with Gasteiger partial charge in [0.2, 0.25) is 0 Å². The molecule has 4 nitrogen and oxygen atoms in total. The molecule has 1 aromatic carbocycles. The summed E-state index contributed by atoms with van der Waals surface area (Å²) < 4.78 is 0. The van der Waals surface area contributed by atoms with Crippen molar-refractivity contribution in [2.24, 2.45) is 5.92 Å². The lowest BCUT2D eigenvalue weighted by atomic mass is 10.0. The molecule has 3 N–H and O–H groups in total. The zero-order valence-electron chi connectivity index (χ0n) is 12.3. The van der Waals surface area contributed by atoms with Crippen LogP contribution in [0, 0.1) is 5.92 Å². The Balaban J connectivity index is 2.54. The lowest BCUT2D eigenvalue weighted by molar-refractivity contribution is 0.214. The van der Waals surface area contributed by atoms with Gasteiger partial charge in [-0.3, -0.25) is 0 Å². The maximum Gasteiger partial charge on any atom is 0.319 e. The van der Waals surface area contributed by atoms with Crippen molar-refractivity contribution in [3.8, 4) is 0 Å². The third kappa shape index (κ3) is 6.30. The van der Waals surface area contributed by atoms with E-state index < -0.39 is 0 Å². The van der Waals surface area contributed by atoms with Gasteiger partial charge in [-0.05, 0) is 36.3 Å². The van der Waals surface area contributed by atoms with E-state index >= 15 is 0 Å². The number of anilines is 1. The van der Waals surface area contributed by atoms with Gasteiger partial charge in [-0.25, -0.2) is 4.79 Å². The topological polar surface area (TPSA) is 61.4 Å². The van der Waals surface area contributed by atoms with Crippen molar-refractivity contribution in [2.75, 3.05) is 18.2 Å². The second-order valence-corrected chi connectivity index (χ2v) is 6.11. The van der Waals surface area contributed by atoms with Crippen LogP contribution in [0.15, 0.2) is 24.3 Å². The molecule has 1 aromatic rings. The minimum atomic E-state index is -0.272. The number of urea groups is 1. The maximum absolute atomic E-state index is 11.9. The summed E-state index contributed by atoms with van der Waals surface area (Å²) in [7, 11) is 0. The van der Waals surface area contributed by atoms with Crippen LogP contribution in [0.1, 0.15) is 25.8 Å². The van der Waals surface area contributed by atoms with Crippen LogP contribution in [0.4, 0.5) is 10.5 Å². The molecule has 20 heavy (non-hydrogen) atoms. The summed E-state index contributed by atoms with van der Waals surface area (Å²) in [6, 6.07) is 7.32. The van der Waals surface area contributed by atoms with Crippen LogP contribution in [0.3, 0.4) is 0 Å². The summed E-state index contributed by atoms with van der Waals surface area (Å²) in [5, 5.41) is 14.9. The molecule has 0 saturated carbocycles. The standard InChI is InChI=1S/C15H24N2O2S/c1-11(2)7-14(9-18)17-15(19)16-13-6-4-5-12(8-13)10-20-3/h4-6,8,11,14,18H,7,9-10H2,1-3H3,(H2,16,17,19)/t14-/m0/s1. The van der Waals surface area contributed by atoms with E-state index in [4.69, 9.17) is 0 Å². The van der Waals surface area contributed by atoms with Crippen LogP contribution in [0.25, 0.3) is 0 Å². The second kappa shape index (κ2) is 8.87. The monoisotopic (exact) mass is 296 g/mol. The Morgan fingerprint density at radius 3 is 2.75 bits per heavy atom. The molecule has 1 atom stereocenters. The molecule has 0 aliphatic carbocycles. The lowest BCUT2D eigenvalue weighted by Crippen LogP contribution is -2.40. The van der Waals surface area contributed by atoms with E-state index in [9.17, 15) is 9.90 Å². The average Bonchev–Trinajstić information content (AvgIpc) is 2.38. The summed E-state index contributed by atoms with van der Waals surface area (Å²) >= 11 is 1.74. The van der Waals surface area contributed by atoms with Gasteiger partial charge in [0.25, 0.3) is 0 Å². The van der Waals surface area contributed by atoms with Crippen molar-refractivity contribution >= 4 is 23.5 Å². The van der Waals surface area contributed by atoms with Crippen LogP contribution in [-0.4, -0.2) is 30.0 Å². The van der Waals surface area contributed by atoms with Crippen molar-refractivity contribution in [1.82, 2.24) is 5.32 Å². The second-order valence-electron chi connectivity index (χ2n) is 5.24. The Kier molecular flexibility index (Phi) is 7.47. The number of aliphatic hydroxyl groups is 1. The first-order chi connectivity index (χ1) is 9.55. The van der Waals surface area contributed by atoms with Crippen LogP contribution in [-0.2, 0) is 5.75 Å². The number of thioether (sulfide) groups is 1. The van der Waals surface area contributed by atoms with Gasteiger partial charge in [0.1, 0.15) is 0 Å². The number of aliphatic hydroxyl groups excluding tert-OH is 1. The fourth-order valence-corrected chi connectivity index (χ4v) is 2.52. The van der Waals surface area contributed by atoms with Crippen molar-refractivity contribution in [2.45, 2.75) is 32.1 Å². The molecule has 5 heteroatoms. The predicted molar refractivity (Wildman–Crippen MR) is 86.1 cm³/mol. The summed E-state index contributed by atoms with van der Waals surface area (Å²) in [5.74, 6) is 1.35. The van der Waals surface area contributed by atoms with Crippen molar-refractivity contribution < 1.29 is 9.90 Å². The molecule has 1 rings (SSSR count). The fraction of sp³-hybridized carbons (Fsp3) is 0.533. The third-order valence-corrected chi connectivity index (χ3v) is 3.43. The molecule has 0 aliphatic rings. The highest BCUT2D eigenvalue weighted by molar-refractivity contribution is 7.97. The van der Waals surface area contributed by atoms with E-state index in [1.807, 2.05) is 30.5 Å². The molecule has 0 bridgehead atoms. The van der Waals surface area contributed by atoms with Gasteiger partial charge in [-0.1, -0.05) is 26.0 Å². The molecule has 0 unspecified atom stereocenters. The Morgan fingerprint density at radius 1 is 1.40 bits per heavy atom. The van der Waals surface area contributed by atoms with E-state index in [1.165, 1.54) is 5.56 Å². The molecule has 0 radical (unpaired) electrons. The number of benzene rings is 1. The van der Waals surface area contributed by atoms with E-state index in [1.54, 1.807) is 11.8 Å². The minimum Gasteiger partial charge on any atom is -0.394 e. The molecule has 0 heterocycles. The number of nitrogens with one attached hydrogen (secondary N) is 2. The van der Waals surface area contributed by atoms with Gasteiger partial charge < -0.3 is 15.7 Å². The van der Waals surface area contributed by atoms with Crippen molar-refractivity contribution in [1.29, 1.82) is 0 Å². The zero-order chi connectivity index (χ0) is 15.0. The van der Waals surface area contributed by atoms with Crippen LogP contribution < -0.4 is 10.6 Å². The van der Waals surface area contributed by atoms with E-state index in [2.05, 4.69) is 24.5 Å².